The van der Waals surface area contributed by atoms with Gasteiger partial charge in [0.2, 0.25) is 0 Å². The summed E-state index contributed by atoms with van der Waals surface area (Å²) in [5.74, 6) is 1.04. The first kappa shape index (κ1) is 20.5. The maximum absolute atomic E-state index is 12.8. The summed E-state index contributed by atoms with van der Waals surface area (Å²) in [6.07, 6.45) is 6.48. The van der Waals surface area contributed by atoms with Gasteiger partial charge in [-0.25, -0.2) is 0 Å². The molecule has 0 bridgehead atoms. The van der Waals surface area contributed by atoms with Gasteiger partial charge in [-0.15, -0.1) is 0 Å². The van der Waals surface area contributed by atoms with Crippen LogP contribution < -0.4 is 14.2 Å². The van der Waals surface area contributed by atoms with Gasteiger partial charge in [0.25, 0.3) is 0 Å². The van der Waals surface area contributed by atoms with Crippen molar-refractivity contribution >= 4 is 27.8 Å². The lowest BCUT2D eigenvalue weighted by molar-refractivity contribution is 0.104. The first-order valence-corrected chi connectivity index (χ1v) is 9.05. The highest BCUT2D eigenvalue weighted by Crippen LogP contribution is 2.35. The minimum atomic E-state index is -0.232. The van der Waals surface area contributed by atoms with Gasteiger partial charge in [-0.3, -0.25) is 4.79 Å². The number of hydrogen-bond donors (Lipinski definition) is 0. The summed E-state index contributed by atoms with van der Waals surface area (Å²) in [6.45, 7) is 7.86. The third kappa shape index (κ3) is 5.86. The fourth-order valence-corrected chi connectivity index (χ4v) is 2.56. The number of ether oxygens (including phenoxy) is 3. The van der Waals surface area contributed by atoms with Crippen molar-refractivity contribution in [1.29, 1.82) is 0 Å². The van der Waals surface area contributed by atoms with E-state index in [-0.39, 0.29) is 12.4 Å². The molecule has 0 fully saturated rings. The minimum absolute atomic E-state index is 0.232. The van der Waals surface area contributed by atoms with Crippen LogP contribution >= 0.6 is 15.9 Å². The molecule has 0 N–H and O–H groups in total. The number of methoxy groups -OCH3 is 1. The smallest absolute Gasteiger partial charge is 0.193 e. The molecule has 5 heteroatoms. The summed E-state index contributed by atoms with van der Waals surface area (Å²) in [4.78, 5) is 12.8. The van der Waals surface area contributed by atoms with Crippen LogP contribution in [0.5, 0.6) is 17.2 Å². The Bertz CT molecular complexity index is 838. The van der Waals surface area contributed by atoms with Gasteiger partial charge in [0.05, 0.1) is 7.11 Å². The molecule has 140 valence electrons. The van der Waals surface area contributed by atoms with E-state index in [0.29, 0.717) is 29.4 Å². The number of hydrogen-bond acceptors (Lipinski definition) is 4. The van der Waals surface area contributed by atoms with Gasteiger partial charge < -0.3 is 14.2 Å². The molecule has 2 aromatic carbocycles. The fourth-order valence-electron chi connectivity index (χ4n) is 2.30. The predicted octanol–water partition coefficient (Wildman–Crippen LogP) is 5.48. The Balaban J connectivity index is 2.38. The third-order valence-electron chi connectivity index (χ3n) is 3.53. The molecule has 0 amide bonds. The van der Waals surface area contributed by atoms with Crippen molar-refractivity contribution in [1.82, 2.24) is 0 Å². The van der Waals surface area contributed by atoms with Crippen molar-refractivity contribution < 1.29 is 19.0 Å². The molecule has 0 heterocycles. The zero-order chi connectivity index (χ0) is 19.6. The Kier molecular flexibility index (Phi) is 7.89. The minimum Gasteiger partial charge on any atom is -0.496 e. The normalized spacial score (nSPS) is 10.4. The molecule has 4 nitrogen and oxygen atoms in total. The van der Waals surface area contributed by atoms with E-state index in [4.69, 9.17) is 14.2 Å². The van der Waals surface area contributed by atoms with Crippen molar-refractivity contribution in [3.05, 3.63) is 83.4 Å². The van der Waals surface area contributed by atoms with Crippen LogP contribution in [-0.2, 0) is 0 Å². The molecule has 2 rings (SSSR count). The van der Waals surface area contributed by atoms with E-state index in [0.717, 1.165) is 10.0 Å². The summed E-state index contributed by atoms with van der Waals surface area (Å²) in [5, 5.41) is 0. The van der Waals surface area contributed by atoms with Crippen molar-refractivity contribution in [2.75, 3.05) is 20.3 Å². The molecular weight excluding hydrogens is 408 g/mol. The SMILES string of the molecule is C=CCOc1cc(OC)c(C(=O)/C=C/c2ccc(Br)cc2)c(OCC=C)c1. The molecule has 0 aliphatic heterocycles. The van der Waals surface area contributed by atoms with E-state index in [2.05, 4.69) is 29.1 Å². The molecule has 0 aromatic heterocycles. The first-order chi connectivity index (χ1) is 13.1. The molecule has 0 unspecified atom stereocenters. The second-order valence-corrected chi connectivity index (χ2v) is 6.36. The zero-order valence-electron chi connectivity index (χ0n) is 15.1. The maximum atomic E-state index is 12.8. The lowest BCUT2D eigenvalue weighted by atomic mass is 10.1. The van der Waals surface area contributed by atoms with Gasteiger partial charge in [0, 0.05) is 16.6 Å². The lowest BCUT2D eigenvalue weighted by Gasteiger charge is -2.15. The number of allylic oxidation sites excluding steroid dienone is 1. The van der Waals surface area contributed by atoms with E-state index in [9.17, 15) is 4.79 Å². The Morgan fingerprint density at radius 3 is 2.30 bits per heavy atom. The molecule has 0 aliphatic carbocycles. The van der Waals surface area contributed by atoms with E-state index < -0.39 is 0 Å². The number of rotatable bonds is 10. The zero-order valence-corrected chi connectivity index (χ0v) is 16.7. The number of carbonyl (C=O) groups excluding carboxylic acids is 1. The Morgan fingerprint density at radius 1 is 1.04 bits per heavy atom. The molecular formula is C22H21BrO4. The van der Waals surface area contributed by atoms with Crippen molar-refractivity contribution in [3.63, 3.8) is 0 Å². The monoisotopic (exact) mass is 428 g/mol. The van der Waals surface area contributed by atoms with Gasteiger partial charge in [-0.1, -0.05) is 59.4 Å². The van der Waals surface area contributed by atoms with Crippen molar-refractivity contribution in [3.8, 4) is 17.2 Å². The van der Waals surface area contributed by atoms with Crippen LogP contribution in [0.15, 0.2) is 72.3 Å². The lowest BCUT2D eigenvalue weighted by Crippen LogP contribution is -2.06. The maximum Gasteiger partial charge on any atom is 0.193 e. The van der Waals surface area contributed by atoms with Crippen LogP contribution in [-0.4, -0.2) is 26.1 Å². The molecule has 0 atom stereocenters. The Labute approximate surface area is 167 Å². The first-order valence-electron chi connectivity index (χ1n) is 8.26. The average Bonchev–Trinajstić information content (AvgIpc) is 2.69. The highest BCUT2D eigenvalue weighted by Gasteiger charge is 2.19. The fraction of sp³-hybridized carbons (Fsp3) is 0.136. The summed E-state index contributed by atoms with van der Waals surface area (Å²) in [6, 6.07) is 11.0. The molecule has 2 aromatic rings. The topological polar surface area (TPSA) is 44.8 Å². The van der Waals surface area contributed by atoms with Crippen molar-refractivity contribution in [2.45, 2.75) is 0 Å². The van der Waals surface area contributed by atoms with E-state index in [1.165, 1.54) is 13.2 Å². The predicted molar refractivity (Wildman–Crippen MR) is 112 cm³/mol. The molecule has 0 radical (unpaired) electrons. The van der Waals surface area contributed by atoms with Crippen LogP contribution in [0.3, 0.4) is 0 Å². The second kappa shape index (κ2) is 10.4. The summed E-state index contributed by atoms with van der Waals surface area (Å²) in [7, 11) is 1.50. The van der Waals surface area contributed by atoms with Gasteiger partial charge in [-0.2, -0.15) is 0 Å². The van der Waals surface area contributed by atoms with Crippen LogP contribution in [0.25, 0.3) is 6.08 Å². The number of carbonyl (C=O) groups is 1. The highest BCUT2D eigenvalue weighted by atomic mass is 79.9. The Morgan fingerprint density at radius 2 is 1.67 bits per heavy atom. The number of ketones is 1. The number of halogens is 1. The highest BCUT2D eigenvalue weighted by molar-refractivity contribution is 9.10. The molecule has 0 spiro atoms. The Hall–Kier alpha value is -2.79. The molecule has 27 heavy (non-hydrogen) atoms. The van der Waals surface area contributed by atoms with Crippen LogP contribution in [0.2, 0.25) is 0 Å². The van der Waals surface area contributed by atoms with E-state index in [1.807, 2.05) is 24.3 Å². The van der Waals surface area contributed by atoms with Gasteiger partial charge in [0.1, 0.15) is 36.0 Å². The molecule has 0 aliphatic rings. The third-order valence-corrected chi connectivity index (χ3v) is 4.06. The van der Waals surface area contributed by atoms with E-state index in [1.54, 1.807) is 30.4 Å². The average molecular weight is 429 g/mol. The van der Waals surface area contributed by atoms with E-state index >= 15 is 0 Å². The quantitative estimate of drug-likeness (QED) is 0.285. The second-order valence-electron chi connectivity index (χ2n) is 5.45. The van der Waals surface area contributed by atoms with Gasteiger partial charge in [-0.05, 0) is 23.8 Å². The summed E-state index contributed by atoms with van der Waals surface area (Å²) in [5.41, 5.74) is 1.24. The number of benzene rings is 2. The summed E-state index contributed by atoms with van der Waals surface area (Å²) < 4.78 is 17.6. The van der Waals surface area contributed by atoms with Crippen LogP contribution in [0, 0.1) is 0 Å². The van der Waals surface area contributed by atoms with Crippen LogP contribution in [0.4, 0.5) is 0 Å². The van der Waals surface area contributed by atoms with Crippen LogP contribution in [0.1, 0.15) is 15.9 Å². The molecule has 0 saturated heterocycles. The standard InChI is InChI=1S/C22H21BrO4/c1-4-12-26-18-14-20(25-3)22(21(15-18)27-13-5-2)19(24)11-8-16-6-9-17(23)10-7-16/h4-11,14-15H,1-2,12-13H2,3H3/b11-8+. The van der Waals surface area contributed by atoms with Gasteiger partial charge in [0.15, 0.2) is 5.78 Å². The van der Waals surface area contributed by atoms with Crippen molar-refractivity contribution in [2.24, 2.45) is 0 Å². The summed E-state index contributed by atoms with van der Waals surface area (Å²) >= 11 is 3.39. The molecule has 0 saturated carbocycles. The van der Waals surface area contributed by atoms with Gasteiger partial charge >= 0.3 is 0 Å². The largest absolute Gasteiger partial charge is 0.496 e.